The Balaban J connectivity index is 1.62. The van der Waals surface area contributed by atoms with Crippen molar-refractivity contribution in [1.29, 1.82) is 0 Å². The number of nitrogens with one attached hydrogen (secondary N) is 2. The maximum Gasteiger partial charge on any atom is 0.255 e. The van der Waals surface area contributed by atoms with Crippen molar-refractivity contribution >= 4 is 29.1 Å². The number of hydrogen-bond donors (Lipinski definition) is 2. The van der Waals surface area contributed by atoms with Gasteiger partial charge in [-0.2, -0.15) is 0 Å². The van der Waals surface area contributed by atoms with E-state index in [9.17, 15) is 14.0 Å². The molecule has 0 aliphatic rings. The molecule has 0 bridgehead atoms. The lowest BCUT2D eigenvalue weighted by molar-refractivity contribution is 0.0939. The van der Waals surface area contributed by atoms with Crippen LogP contribution in [0.1, 0.15) is 39.2 Å². The predicted octanol–water partition coefficient (Wildman–Crippen LogP) is 4.62. The van der Waals surface area contributed by atoms with E-state index in [1.165, 1.54) is 36.5 Å². The van der Waals surface area contributed by atoms with Crippen molar-refractivity contribution < 1.29 is 14.0 Å². The summed E-state index contributed by atoms with van der Waals surface area (Å²) in [5.41, 5.74) is 2.25. The second-order valence-corrected chi connectivity index (χ2v) is 6.53. The number of pyridine rings is 1. The lowest BCUT2D eigenvalue weighted by Gasteiger charge is -2.15. The van der Waals surface area contributed by atoms with Crippen LogP contribution in [-0.2, 0) is 0 Å². The third kappa shape index (κ3) is 4.92. The van der Waals surface area contributed by atoms with E-state index >= 15 is 0 Å². The highest BCUT2D eigenvalue weighted by molar-refractivity contribution is 6.29. The summed E-state index contributed by atoms with van der Waals surface area (Å²) in [5, 5.41) is 5.88. The van der Waals surface area contributed by atoms with Crippen LogP contribution in [0.3, 0.4) is 0 Å². The fourth-order valence-corrected chi connectivity index (χ4v) is 2.74. The summed E-state index contributed by atoms with van der Waals surface area (Å²) in [6.45, 7) is 1.85. The summed E-state index contributed by atoms with van der Waals surface area (Å²) in [4.78, 5) is 28.3. The largest absolute Gasteiger partial charge is 0.346 e. The van der Waals surface area contributed by atoms with Crippen LogP contribution in [0.5, 0.6) is 0 Å². The Morgan fingerprint density at radius 3 is 2.29 bits per heavy atom. The lowest BCUT2D eigenvalue weighted by Crippen LogP contribution is -2.26. The monoisotopic (exact) mass is 397 g/mol. The highest BCUT2D eigenvalue weighted by Gasteiger charge is 2.12. The number of carbonyl (C=O) groups is 2. The van der Waals surface area contributed by atoms with Crippen LogP contribution in [0, 0.1) is 5.82 Å². The topological polar surface area (TPSA) is 71.1 Å². The summed E-state index contributed by atoms with van der Waals surface area (Å²) >= 11 is 5.81. The third-order valence-corrected chi connectivity index (χ3v) is 4.32. The number of anilines is 1. The molecule has 0 spiro atoms. The molecule has 28 heavy (non-hydrogen) atoms. The van der Waals surface area contributed by atoms with Crippen LogP contribution in [0.4, 0.5) is 10.1 Å². The van der Waals surface area contributed by atoms with Gasteiger partial charge in [-0.05, 0) is 61.0 Å². The molecule has 0 fully saturated rings. The first-order valence-electron chi connectivity index (χ1n) is 8.51. The maximum atomic E-state index is 12.9. The molecule has 1 heterocycles. The van der Waals surface area contributed by atoms with Gasteiger partial charge in [-0.15, -0.1) is 0 Å². The van der Waals surface area contributed by atoms with Crippen molar-refractivity contribution in [2.24, 2.45) is 0 Å². The molecule has 2 aromatic carbocycles. The standard InChI is InChI=1S/C21H17ClFN3O2/c1-13(25-21(28)16-10-11-24-19(22)12-16)14-4-8-18(9-5-14)26-20(27)15-2-6-17(23)7-3-15/h2-13H,1H3,(H,25,28)(H,26,27). The van der Waals surface area contributed by atoms with Gasteiger partial charge in [0.05, 0.1) is 6.04 Å². The summed E-state index contributed by atoms with van der Waals surface area (Å²) < 4.78 is 12.9. The Labute approximate surface area is 166 Å². The van der Waals surface area contributed by atoms with Crippen molar-refractivity contribution in [3.63, 3.8) is 0 Å². The van der Waals surface area contributed by atoms with Crippen molar-refractivity contribution in [2.45, 2.75) is 13.0 Å². The maximum absolute atomic E-state index is 12.9. The van der Waals surface area contributed by atoms with Gasteiger partial charge in [0.2, 0.25) is 0 Å². The minimum Gasteiger partial charge on any atom is -0.346 e. The lowest BCUT2D eigenvalue weighted by atomic mass is 10.1. The fraction of sp³-hybridized carbons (Fsp3) is 0.0952. The van der Waals surface area contributed by atoms with Gasteiger partial charge in [0.1, 0.15) is 11.0 Å². The quantitative estimate of drug-likeness (QED) is 0.617. The highest BCUT2D eigenvalue weighted by atomic mass is 35.5. The molecular weight excluding hydrogens is 381 g/mol. The number of hydrogen-bond acceptors (Lipinski definition) is 3. The van der Waals surface area contributed by atoms with E-state index in [0.717, 1.165) is 5.56 Å². The van der Waals surface area contributed by atoms with E-state index in [0.29, 0.717) is 16.8 Å². The van der Waals surface area contributed by atoms with Crippen LogP contribution in [-0.4, -0.2) is 16.8 Å². The average Bonchev–Trinajstić information content (AvgIpc) is 2.69. The van der Waals surface area contributed by atoms with Crippen LogP contribution in [0.25, 0.3) is 0 Å². The molecule has 0 aliphatic carbocycles. The molecule has 7 heteroatoms. The second kappa shape index (κ2) is 8.63. The zero-order valence-corrected chi connectivity index (χ0v) is 15.7. The van der Waals surface area contributed by atoms with E-state index in [2.05, 4.69) is 15.6 Å². The van der Waals surface area contributed by atoms with Crippen molar-refractivity contribution in [3.8, 4) is 0 Å². The SMILES string of the molecule is CC(NC(=O)c1ccnc(Cl)c1)c1ccc(NC(=O)c2ccc(F)cc2)cc1. The fourth-order valence-electron chi connectivity index (χ4n) is 2.57. The van der Waals surface area contributed by atoms with Crippen LogP contribution >= 0.6 is 11.6 Å². The van der Waals surface area contributed by atoms with E-state index in [1.54, 1.807) is 18.2 Å². The Bertz CT molecular complexity index is 991. The van der Waals surface area contributed by atoms with Crippen molar-refractivity contribution in [1.82, 2.24) is 10.3 Å². The molecule has 2 N–H and O–H groups in total. The Kier molecular flexibility index (Phi) is 6.01. The minimum absolute atomic E-state index is 0.249. The number of halogens is 2. The van der Waals surface area contributed by atoms with E-state index in [4.69, 9.17) is 11.6 Å². The molecule has 0 radical (unpaired) electrons. The number of rotatable bonds is 5. The average molecular weight is 398 g/mol. The van der Waals surface area contributed by atoms with Gasteiger partial charge >= 0.3 is 0 Å². The van der Waals surface area contributed by atoms with Gasteiger partial charge < -0.3 is 10.6 Å². The number of carbonyl (C=O) groups excluding carboxylic acids is 2. The zero-order chi connectivity index (χ0) is 20.1. The van der Waals surface area contributed by atoms with Crippen molar-refractivity contribution in [3.05, 3.63) is 94.5 Å². The van der Waals surface area contributed by atoms with Crippen LogP contribution in [0.15, 0.2) is 66.9 Å². The summed E-state index contributed by atoms with van der Waals surface area (Å²) in [5.74, 6) is -0.986. The third-order valence-electron chi connectivity index (χ3n) is 4.11. The molecule has 0 saturated carbocycles. The van der Waals surface area contributed by atoms with E-state index in [-0.39, 0.29) is 23.0 Å². The van der Waals surface area contributed by atoms with Gasteiger partial charge in [-0.1, -0.05) is 23.7 Å². The molecule has 1 unspecified atom stereocenters. The zero-order valence-electron chi connectivity index (χ0n) is 14.9. The molecule has 5 nitrogen and oxygen atoms in total. The Morgan fingerprint density at radius 2 is 1.64 bits per heavy atom. The molecule has 0 saturated heterocycles. The number of aromatic nitrogens is 1. The van der Waals surface area contributed by atoms with Gasteiger partial charge in [-0.25, -0.2) is 9.37 Å². The summed E-state index contributed by atoms with van der Waals surface area (Å²) in [7, 11) is 0. The molecule has 0 aliphatic heterocycles. The first-order valence-corrected chi connectivity index (χ1v) is 8.89. The van der Waals surface area contributed by atoms with E-state index in [1.807, 2.05) is 19.1 Å². The molecule has 3 aromatic rings. The van der Waals surface area contributed by atoms with Gasteiger partial charge in [0, 0.05) is 23.0 Å². The molecule has 142 valence electrons. The minimum atomic E-state index is -0.397. The van der Waals surface area contributed by atoms with Gasteiger partial charge in [0.25, 0.3) is 11.8 Å². The summed E-state index contributed by atoms with van der Waals surface area (Å²) in [6.07, 6.45) is 1.47. The van der Waals surface area contributed by atoms with Gasteiger partial charge in [-0.3, -0.25) is 9.59 Å². The van der Waals surface area contributed by atoms with E-state index < -0.39 is 5.82 Å². The normalized spacial score (nSPS) is 11.5. The summed E-state index contributed by atoms with van der Waals surface area (Å²) in [6, 6.07) is 15.2. The Morgan fingerprint density at radius 1 is 0.964 bits per heavy atom. The smallest absolute Gasteiger partial charge is 0.255 e. The number of amides is 2. The first kappa shape index (κ1) is 19.5. The molecular formula is C21H17ClFN3O2. The molecule has 1 aromatic heterocycles. The highest BCUT2D eigenvalue weighted by Crippen LogP contribution is 2.18. The molecule has 3 rings (SSSR count). The second-order valence-electron chi connectivity index (χ2n) is 6.15. The number of benzene rings is 2. The van der Waals surface area contributed by atoms with Crippen LogP contribution in [0.2, 0.25) is 5.15 Å². The number of nitrogens with zero attached hydrogens (tertiary/aromatic N) is 1. The first-order chi connectivity index (χ1) is 13.4. The molecule has 1 atom stereocenters. The van der Waals surface area contributed by atoms with Crippen LogP contribution < -0.4 is 10.6 Å². The predicted molar refractivity (Wildman–Crippen MR) is 106 cm³/mol. The van der Waals surface area contributed by atoms with Gasteiger partial charge in [0.15, 0.2) is 0 Å². The molecule has 2 amide bonds. The Hall–Kier alpha value is -3.25. The van der Waals surface area contributed by atoms with Crippen molar-refractivity contribution in [2.75, 3.05) is 5.32 Å².